The summed E-state index contributed by atoms with van der Waals surface area (Å²) in [6.45, 7) is 0.567. The van der Waals surface area contributed by atoms with Crippen LogP contribution in [0.15, 0.2) is 17.1 Å². The van der Waals surface area contributed by atoms with Gasteiger partial charge in [-0.3, -0.25) is 4.99 Å². The van der Waals surface area contributed by atoms with Crippen molar-refractivity contribution in [3.05, 3.63) is 17.7 Å². The molecule has 0 aliphatic rings. The molecule has 0 radical (unpaired) electrons. The van der Waals surface area contributed by atoms with E-state index < -0.39 is 0 Å². The predicted molar refractivity (Wildman–Crippen MR) is 75.4 cm³/mol. The van der Waals surface area contributed by atoms with Crippen molar-refractivity contribution in [3.63, 3.8) is 0 Å². The molecule has 0 heterocycles. The first-order valence-electron chi connectivity index (χ1n) is 5.87. The Balaban J connectivity index is 2.98. The Morgan fingerprint density at radius 2 is 1.63 bits per heavy atom. The number of nitrogens with zero attached hydrogens (tertiary/aromatic N) is 1. The molecule has 1 aromatic carbocycles. The summed E-state index contributed by atoms with van der Waals surface area (Å²) in [6.07, 6.45) is 0. The van der Waals surface area contributed by atoms with Gasteiger partial charge >= 0.3 is 0 Å². The number of hydrogen-bond donors (Lipinski definition) is 2. The third-order valence-corrected chi connectivity index (χ3v) is 2.69. The SMILES string of the molecule is CN=C(NC)NCc1cc(OC)c(OC)cc1OC. The molecule has 0 saturated carbocycles. The number of rotatable bonds is 5. The molecule has 2 N–H and O–H groups in total. The van der Waals surface area contributed by atoms with Gasteiger partial charge in [-0.2, -0.15) is 0 Å². The summed E-state index contributed by atoms with van der Waals surface area (Å²) in [5.74, 6) is 2.74. The summed E-state index contributed by atoms with van der Waals surface area (Å²) in [5, 5.41) is 6.11. The highest BCUT2D eigenvalue weighted by molar-refractivity contribution is 5.79. The fraction of sp³-hybridized carbons (Fsp3) is 0.462. The zero-order valence-corrected chi connectivity index (χ0v) is 12.0. The number of ether oxygens (including phenoxy) is 3. The fourth-order valence-corrected chi connectivity index (χ4v) is 1.69. The Labute approximate surface area is 113 Å². The first-order chi connectivity index (χ1) is 9.19. The third-order valence-electron chi connectivity index (χ3n) is 2.69. The van der Waals surface area contributed by atoms with Gasteiger partial charge in [0.1, 0.15) is 5.75 Å². The molecular formula is C13H21N3O3. The maximum absolute atomic E-state index is 5.35. The zero-order valence-electron chi connectivity index (χ0n) is 12.0. The Bertz CT molecular complexity index is 447. The van der Waals surface area contributed by atoms with E-state index >= 15 is 0 Å². The minimum atomic E-state index is 0.567. The molecule has 6 nitrogen and oxygen atoms in total. The number of benzene rings is 1. The minimum Gasteiger partial charge on any atom is -0.496 e. The van der Waals surface area contributed by atoms with Gasteiger partial charge in [-0.05, 0) is 6.07 Å². The van der Waals surface area contributed by atoms with Crippen LogP contribution >= 0.6 is 0 Å². The first-order valence-corrected chi connectivity index (χ1v) is 5.87. The smallest absolute Gasteiger partial charge is 0.190 e. The standard InChI is InChI=1S/C13H21N3O3/c1-14-13(15-2)16-8-9-6-11(18-4)12(19-5)7-10(9)17-3/h6-7H,8H2,1-5H3,(H2,14,15,16). The molecule has 6 heteroatoms. The van der Waals surface area contributed by atoms with Crippen LogP contribution < -0.4 is 24.8 Å². The van der Waals surface area contributed by atoms with Gasteiger partial charge in [-0.15, -0.1) is 0 Å². The van der Waals surface area contributed by atoms with Gasteiger partial charge < -0.3 is 24.8 Å². The molecule has 106 valence electrons. The van der Waals surface area contributed by atoms with E-state index in [-0.39, 0.29) is 0 Å². The normalized spacial score (nSPS) is 10.9. The summed E-state index contributed by atoms with van der Waals surface area (Å²) in [4.78, 5) is 4.05. The molecule has 0 fully saturated rings. The molecular weight excluding hydrogens is 246 g/mol. The second-order valence-electron chi connectivity index (χ2n) is 3.69. The minimum absolute atomic E-state index is 0.567. The summed E-state index contributed by atoms with van der Waals surface area (Å²) >= 11 is 0. The van der Waals surface area contributed by atoms with Gasteiger partial charge in [0.15, 0.2) is 17.5 Å². The maximum Gasteiger partial charge on any atom is 0.190 e. The Kier molecular flexibility index (Phi) is 5.78. The first kappa shape index (κ1) is 14.9. The lowest BCUT2D eigenvalue weighted by Crippen LogP contribution is -2.34. The quantitative estimate of drug-likeness (QED) is 0.615. The van der Waals surface area contributed by atoms with Crippen molar-refractivity contribution < 1.29 is 14.2 Å². The van der Waals surface area contributed by atoms with Crippen LogP contribution in [-0.2, 0) is 6.54 Å². The number of hydrogen-bond acceptors (Lipinski definition) is 4. The lowest BCUT2D eigenvalue weighted by molar-refractivity contribution is 0.347. The van der Waals surface area contributed by atoms with E-state index in [9.17, 15) is 0 Å². The van der Waals surface area contributed by atoms with Crippen LogP contribution in [0.5, 0.6) is 17.2 Å². The number of guanidine groups is 1. The Morgan fingerprint density at radius 1 is 1.05 bits per heavy atom. The molecule has 19 heavy (non-hydrogen) atoms. The van der Waals surface area contributed by atoms with Crippen molar-refractivity contribution in [2.75, 3.05) is 35.4 Å². The van der Waals surface area contributed by atoms with Crippen LogP contribution in [0.2, 0.25) is 0 Å². The molecule has 1 aromatic rings. The monoisotopic (exact) mass is 267 g/mol. The van der Waals surface area contributed by atoms with Crippen molar-refractivity contribution >= 4 is 5.96 Å². The highest BCUT2D eigenvalue weighted by Gasteiger charge is 2.11. The van der Waals surface area contributed by atoms with Gasteiger partial charge in [0.25, 0.3) is 0 Å². The van der Waals surface area contributed by atoms with Crippen LogP contribution in [-0.4, -0.2) is 41.4 Å². The van der Waals surface area contributed by atoms with Gasteiger partial charge in [-0.1, -0.05) is 0 Å². The van der Waals surface area contributed by atoms with Gasteiger partial charge in [0.2, 0.25) is 0 Å². The average Bonchev–Trinajstić information content (AvgIpc) is 2.47. The second-order valence-corrected chi connectivity index (χ2v) is 3.69. The third kappa shape index (κ3) is 3.67. The Morgan fingerprint density at radius 3 is 2.11 bits per heavy atom. The van der Waals surface area contributed by atoms with E-state index in [2.05, 4.69) is 15.6 Å². The Hall–Kier alpha value is -2.11. The predicted octanol–water partition coefficient (Wildman–Crippen LogP) is 1.01. The van der Waals surface area contributed by atoms with Gasteiger partial charge in [-0.25, -0.2) is 0 Å². The summed E-state index contributed by atoms with van der Waals surface area (Å²) in [6, 6.07) is 3.69. The molecule has 0 amide bonds. The van der Waals surface area contributed by atoms with E-state index in [0.717, 1.165) is 11.3 Å². The second kappa shape index (κ2) is 7.35. The lowest BCUT2D eigenvalue weighted by atomic mass is 10.1. The molecule has 0 spiro atoms. The van der Waals surface area contributed by atoms with Crippen LogP contribution in [0.25, 0.3) is 0 Å². The number of aliphatic imine (C=N–C) groups is 1. The summed E-state index contributed by atoms with van der Waals surface area (Å²) < 4.78 is 15.9. The van der Waals surface area contributed by atoms with Crippen molar-refractivity contribution in [3.8, 4) is 17.2 Å². The zero-order chi connectivity index (χ0) is 14.3. The van der Waals surface area contributed by atoms with Gasteiger partial charge in [0, 0.05) is 32.3 Å². The van der Waals surface area contributed by atoms with Crippen molar-refractivity contribution in [2.24, 2.45) is 4.99 Å². The van der Waals surface area contributed by atoms with E-state index in [4.69, 9.17) is 14.2 Å². The van der Waals surface area contributed by atoms with Crippen LogP contribution in [0, 0.1) is 0 Å². The van der Waals surface area contributed by atoms with Crippen LogP contribution in [0.4, 0.5) is 0 Å². The highest BCUT2D eigenvalue weighted by atomic mass is 16.5. The molecule has 0 saturated heterocycles. The molecule has 0 atom stereocenters. The number of nitrogens with one attached hydrogen (secondary N) is 2. The largest absolute Gasteiger partial charge is 0.496 e. The average molecular weight is 267 g/mol. The number of methoxy groups -OCH3 is 3. The van der Waals surface area contributed by atoms with E-state index in [1.165, 1.54) is 0 Å². The van der Waals surface area contributed by atoms with Crippen LogP contribution in [0.1, 0.15) is 5.56 Å². The molecule has 0 aliphatic carbocycles. The van der Waals surface area contributed by atoms with Crippen LogP contribution in [0.3, 0.4) is 0 Å². The van der Waals surface area contributed by atoms with E-state index in [1.54, 1.807) is 41.5 Å². The van der Waals surface area contributed by atoms with Gasteiger partial charge in [0.05, 0.1) is 21.3 Å². The van der Waals surface area contributed by atoms with Crippen molar-refractivity contribution in [1.82, 2.24) is 10.6 Å². The molecule has 0 bridgehead atoms. The summed E-state index contributed by atoms with van der Waals surface area (Å²) in [5.41, 5.74) is 0.955. The van der Waals surface area contributed by atoms with Crippen molar-refractivity contribution in [1.29, 1.82) is 0 Å². The van der Waals surface area contributed by atoms with E-state index in [0.29, 0.717) is 24.0 Å². The molecule has 0 unspecified atom stereocenters. The molecule has 0 aliphatic heterocycles. The maximum atomic E-state index is 5.35. The highest BCUT2D eigenvalue weighted by Crippen LogP contribution is 2.34. The summed E-state index contributed by atoms with van der Waals surface area (Å²) in [7, 11) is 8.34. The molecule has 0 aromatic heterocycles. The van der Waals surface area contributed by atoms with Crippen molar-refractivity contribution in [2.45, 2.75) is 6.54 Å². The fourth-order valence-electron chi connectivity index (χ4n) is 1.69. The molecule has 1 rings (SSSR count). The van der Waals surface area contributed by atoms with E-state index in [1.807, 2.05) is 6.07 Å². The lowest BCUT2D eigenvalue weighted by Gasteiger charge is -2.15. The topological polar surface area (TPSA) is 64.1 Å².